The van der Waals surface area contributed by atoms with Crippen LogP contribution >= 0.6 is 0 Å². The Morgan fingerprint density at radius 3 is 2.27 bits per heavy atom. The number of hydrogen-bond donors (Lipinski definition) is 0. The molecule has 0 bridgehead atoms. The summed E-state index contributed by atoms with van der Waals surface area (Å²) in [5, 5.41) is 9.16. The molecule has 0 unspecified atom stereocenters. The first-order valence-corrected chi connectivity index (χ1v) is 9.55. The summed E-state index contributed by atoms with van der Waals surface area (Å²) in [7, 11) is 1.30. The molecule has 7 nitrogen and oxygen atoms in total. The van der Waals surface area contributed by atoms with Crippen molar-refractivity contribution in [2.75, 3.05) is 20.3 Å². The van der Waals surface area contributed by atoms with Gasteiger partial charge in [-0.05, 0) is 37.0 Å². The molecule has 0 aliphatic carbocycles. The van der Waals surface area contributed by atoms with Crippen molar-refractivity contribution in [1.82, 2.24) is 0 Å². The largest absolute Gasteiger partial charge is 0.469 e. The van der Waals surface area contributed by atoms with Crippen molar-refractivity contribution in [3.05, 3.63) is 60.7 Å². The summed E-state index contributed by atoms with van der Waals surface area (Å²) in [5.74, 6) is -1.85. The Hall–Kier alpha value is -3.40. The third-order valence-corrected chi connectivity index (χ3v) is 4.47. The predicted molar refractivity (Wildman–Crippen MR) is 110 cm³/mol. The van der Waals surface area contributed by atoms with E-state index in [1.54, 1.807) is 24.3 Å². The molecule has 0 radical (unpaired) electrons. The van der Waals surface area contributed by atoms with Crippen LogP contribution in [-0.4, -0.2) is 38.2 Å². The summed E-state index contributed by atoms with van der Waals surface area (Å²) in [6.45, 7) is 6.93. The van der Waals surface area contributed by atoms with Gasteiger partial charge in [-0.25, -0.2) is 0 Å². The lowest BCUT2D eigenvalue weighted by Crippen LogP contribution is -2.44. The van der Waals surface area contributed by atoms with Gasteiger partial charge in [-0.1, -0.05) is 43.9 Å². The van der Waals surface area contributed by atoms with E-state index in [2.05, 4.69) is 17.9 Å². The molecular formula is C23H27NO6. The maximum absolute atomic E-state index is 13.0. The van der Waals surface area contributed by atoms with Gasteiger partial charge >= 0.3 is 17.9 Å². The molecule has 0 saturated carbocycles. The number of nitrogens with zero attached hydrogens (tertiary/aromatic N) is 1. The number of carbonyl (C=O) groups is 3. The summed E-state index contributed by atoms with van der Waals surface area (Å²) in [6, 6.07) is 8.70. The van der Waals surface area contributed by atoms with Gasteiger partial charge < -0.3 is 14.2 Å². The number of hydrogen-bond acceptors (Lipinski definition) is 7. The van der Waals surface area contributed by atoms with Crippen LogP contribution in [0, 0.1) is 16.7 Å². The van der Waals surface area contributed by atoms with Gasteiger partial charge in [0.2, 0.25) is 0 Å². The normalized spacial score (nSPS) is 10.4. The van der Waals surface area contributed by atoms with Crippen molar-refractivity contribution in [1.29, 1.82) is 5.26 Å². The number of methoxy groups -OCH3 is 1. The quantitative estimate of drug-likeness (QED) is 0.161. The number of esters is 3. The second-order valence-corrected chi connectivity index (χ2v) is 6.63. The minimum atomic E-state index is -1.63. The van der Waals surface area contributed by atoms with Crippen LogP contribution in [0.5, 0.6) is 0 Å². The third-order valence-electron chi connectivity index (χ3n) is 4.47. The summed E-state index contributed by atoms with van der Waals surface area (Å²) in [5.41, 5.74) is -0.602. The lowest BCUT2D eigenvalue weighted by Gasteiger charge is -2.29. The van der Waals surface area contributed by atoms with Crippen molar-refractivity contribution in [3.63, 3.8) is 0 Å². The standard InChI is InChI=1S/C23H27NO6/c1-4-13-29-21(26)23(22(27)30-14-5-2,12-7-6-11-20(25)28-3)16-18-9-8-10-19(15-18)17-24/h4-5,8-10,15H,1-2,6-7,11-14,16H2,3H3. The fourth-order valence-corrected chi connectivity index (χ4v) is 2.96. The fourth-order valence-electron chi connectivity index (χ4n) is 2.96. The van der Waals surface area contributed by atoms with E-state index in [0.717, 1.165) is 0 Å². The number of carbonyl (C=O) groups excluding carboxylic acids is 3. The Bertz CT molecular complexity index is 784. The van der Waals surface area contributed by atoms with E-state index in [1.165, 1.54) is 19.3 Å². The number of rotatable bonds is 13. The molecule has 0 atom stereocenters. The summed E-state index contributed by atoms with van der Waals surface area (Å²) >= 11 is 0. The van der Waals surface area contributed by atoms with Crippen molar-refractivity contribution >= 4 is 17.9 Å². The van der Waals surface area contributed by atoms with Gasteiger partial charge in [0, 0.05) is 6.42 Å². The molecule has 0 N–H and O–H groups in total. The molecule has 0 aliphatic rings. The molecule has 30 heavy (non-hydrogen) atoms. The zero-order valence-corrected chi connectivity index (χ0v) is 17.2. The summed E-state index contributed by atoms with van der Waals surface area (Å²) < 4.78 is 15.1. The molecule has 1 rings (SSSR count). The van der Waals surface area contributed by atoms with Crippen LogP contribution in [0.15, 0.2) is 49.6 Å². The lowest BCUT2D eigenvalue weighted by molar-refractivity contribution is -0.172. The molecule has 0 aromatic heterocycles. The van der Waals surface area contributed by atoms with Gasteiger partial charge in [0.15, 0.2) is 5.41 Å². The highest BCUT2D eigenvalue weighted by Gasteiger charge is 2.48. The number of nitriles is 1. The molecule has 0 amide bonds. The van der Waals surface area contributed by atoms with Gasteiger partial charge in [0.05, 0.1) is 18.7 Å². The maximum Gasteiger partial charge on any atom is 0.324 e. The first-order chi connectivity index (χ1) is 14.4. The molecule has 1 aromatic carbocycles. The van der Waals surface area contributed by atoms with Crippen LogP contribution in [0.25, 0.3) is 0 Å². The van der Waals surface area contributed by atoms with Crippen LogP contribution in [0.4, 0.5) is 0 Å². The topological polar surface area (TPSA) is 103 Å². The van der Waals surface area contributed by atoms with Gasteiger partial charge in [-0.15, -0.1) is 0 Å². The minimum Gasteiger partial charge on any atom is -0.469 e. The minimum absolute atomic E-state index is 0.00725. The third kappa shape index (κ3) is 7.21. The first-order valence-electron chi connectivity index (χ1n) is 9.55. The van der Waals surface area contributed by atoms with Crippen LogP contribution in [0.3, 0.4) is 0 Å². The number of ether oxygens (including phenoxy) is 3. The summed E-state index contributed by atoms with van der Waals surface area (Å²) in [6.07, 6.45) is 3.89. The van der Waals surface area contributed by atoms with Gasteiger partial charge in [0.1, 0.15) is 13.2 Å². The zero-order chi connectivity index (χ0) is 22.4. The van der Waals surface area contributed by atoms with E-state index >= 15 is 0 Å². The Kier molecular flexibility index (Phi) is 10.6. The Morgan fingerprint density at radius 1 is 1.10 bits per heavy atom. The fraction of sp³-hybridized carbons (Fsp3) is 0.391. The highest BCUT2D eigenvalue weighted by atomic mass is 16.6. The van der Waals surface area contributed by atoms with Crippen LogP contribution in [0.2, 0.25) is 0 Å². The van der Waals surface area contributed by atoms with Crippen molar-refractivity contribution in [2.45, 2.75) is 32.1 Å². The van der Waals surface area contributed by atoms with E-state index in [-0.39, 0.29) is 38.4 Å². The van der Waals surface area contributed by atoms with Crippen LogP contribution in [-0.2, 0) is 35.0 Å². The van der Waals surface area contributed by atoms with Crippen molar-refractivity contribution < 1.29 is 28.6 Å². The smallest absolute Gasteiger partial charge is 0.324 e. The maximum atomic E-state index is 13.0. The van der Waals surface area contributed by atoms with Gasteiger partial charge in [-0.3, -0.25) is 14.4 Å². The molecule has 7 heteroatoms. The van der Waals surface area contributed by atoms with E-state index < -0.39 is 17.4 Å². The molecule has 0 spiro atoms. The lowest BCUT2D eigenvalue weighted by atomic mass is 9.76. The van der Waals surface area contributed by atoms with E-state index in [1.807, 2.05) is 6.07 Å². The van der Waals surface area contributed by atoms with Crippen molar-refractivity contribution in [3.8, 4) is 6.07 Å². The first kappa shape index (κ1) is 24.6. The highest BCUT2D eigenvalue weighted by Crippen LogP contribution is 2.34. The van der Waals surface area contributed by atoms with E-state index in [0.29, 0.717) is 24.0 Å². The SMILES string of the molecule is C=CCOC(=O)C(CCCCC(=O)OC)(Cc1cccc(C#N)c1)C(=O)OCC=C. The predicted octanol–water partition coefficient (Wildman–Crippen LogP) is 3.28. The number of unbranched alkanes of at least 4 members (excludes halogenated alkanes) is 1. The van der Waals surface area contributed by atoms with Crippen LogP contribution in [0.1, 0.15) is 36.8 Å². The molecule has 0 aliphatic heterocycles. The van der Waals surface area contributed by atoms with Gasteiger partial charge in [0.25, 0.3) is 0 Å². The Labute approximate surface area is 176 Å². The highest BCUT2D eigenvalue weighted by molar-refractivity contribution is 6.00. The average molecular weight is 413 g/mol. The second kappa shape index (κ2) is 12.9. The van der Waals surface area contributed by atoms with E-state index in [9.17, 15) is 14.4 Å². The molecule has 0 saturated heterocycles. The number of benzene rings is 1. The molecule has 0 fully saturated rings. The van der Waals surface area contributed by atoms with E-state index in [4.69, 9.17) is 14.7 Å². The molecular weight excluding hydrogens is 386 g/mol. The molecule has 0 heterocycles. The molecule has 1 aromatic rings. The summed E-state index contributed by atoms with van der Waals surface area (Å²) in [4.78, 5) is 37.4. The monoisotopic (exact) mass is 413 g/mol. The van der Waals surface area contributed by atoms with Crippen LogP contribution < -0.4 is 0 Å². The second-order valence-electron chi connectivity index (χ2n) is 6.63. The zero-order valence-electron chi connectivity index (χ0n) is 17.2. The van der Waals surface area contributed by atoms with Gasteiger partial charge in [-0.2, -0.15) is 5.26 Å². The molecule has 160 valence electrons. The Balaban J connectivity index is 3.24. The average Bonchev–Trinajstić information content (AvgIpc) is 2.77. The Morgan fingerprint density at radius 2 is 1.73 bits per heavy atom. The van der Waals surface area contributed by atoms with Crippen molar-refractivity contribution in [2.24, 2.45) is 5.41 Å².